The van der Waals surface area contributed by atoms with Crippen molar-refractivity contribution in [3.05, 3.63) is 83.5 Å². The lowest BCUT2D eigenvalue weighted by Gasteiger charge is -2.44. The van der Waals surface area contributed by atoms with Crippen LogP contribution in [0, 0.1) is 29.6 Å². The second-order valence-electron chi connectivity index (χ2n) is 13.9. The van der Waals surface area contributed by atoms with Gasteiger partial charge in [0, 0.05) is 23.7 Å². The number of allylic oxidation sites excluding steroid dienone is 3. The fraction of sp³-hybridized carbons (Fsp3) is 0.512. The van der Waals surface area contributed by atoms with Crippen molar-refractivity contribution >= 4 is 35.4 Å². The topological polar surface area (TPSA) is 118 Å². The molecule has 2 unspecified atom stereocenters. The first-order valence-corrected chi connectivity index (χ1v) is 18.3. The highest BCUT2D eigenvalue weighted by molar-refractivity contribution is 7.79. The van der Waals surface area contributed by atoms with Crippen LogP contribution in [0.3, 0.4) is 0 Å². The molecule has 51 heavy (non-hydrogen) atoms. The molecule has 1 saturated carbocycles. The Labute approximate surface area is 307 Å². The summed E-state index contributed by atoms with van der Waals surface area (Å²) in [6.45, 7) is 21.0. The number of rotatable bonds is 16. The number of carbonyl (C=O) groups is 3. The SMILES string of the molecule is C=CCOC(=O)O[C@H](C)[C@H]1C(=O)C2C(C(=O)OCC=C)=C(COC(=S)Oc3cc(CCCCC)cc(O)c3[C@@H]3C=C(C)CC[C@H]3C(=C)C)[C@H](C)C21. The number of phenolic OH excluding ortho intramolecular Hbond substituents is 1. The van der Waals surface area contributed by atoms with Gasteiger partial charge in [-0.3, -0.25) is 4.79 Å². The molecule has 1 fully saturated rings. The number of aromatic hydroxyl groups is 1. The predicted octanol–water partition coefficient (Wildman–Crippen LogP) is 8.66. The number of esters is 1. The van der Waals surface area contributed by atoms with E-state index >= 15 is 0 Å². The van der Waals surface area contributed by atoms with Crippen LogP contribution in [-0.4, -0.2) is 54.2 Å². The van der Waals surface area contributed by atoms with Crippen LogP contribution in [-0.2, 0) is 35.0 Å². The van der Waals surface area contributed by atoms with Gasteiger partial charge in [0.05, 0.1) is 17.4 Å². The van der Waals surface area contributed by atoms with Crippen LogP contribution in [0.2, 0.25) is 0 Å². The van der Waals surface area contributed by atoms with E-state index in [1.807, 2.05) is 26.0 Å². The van der Waals surface area contributed by atoms with Crippen molar-refractivity contribution in [1.82, 2.24) is 0 Å². The van der Waals surface area contributed by atoms with Gasteiger partial charge in [-0.25, -0.2) is 9.59 Å². The van der Waals surface area contributed by atoms with E-state index in [0.29, 0.717) is 16.9 Å². The first-order chi connectivity index (χ1) is 24.3. The quantitative estimate of drug-likeness (QED) is 0.0770. The summed E-state index contributed by atoms with van der Waals surface area (Å²) in [5.41, 5.74) is 4.59. The van der Waals surface area contributed by atoms with Crippen LogP contribution < -0.4 is 4.74 Å². The van der Waals surface area contributed by atoms with Crippen molar-refractivity contribution in [2.24, 2.45) is 29.6 Å². The highest BCUT2D eigenvalue weighted by Gasteiger charge is 2.62. The average Bonchev–Trinajstić information content (AvgIpc) is 3.32. The second-order valence-corrected chi connectivity index (χ2v) is 14.3. The molecule has 1 aromatic rings. The molecule has 9 nitrogen and oxygen atoms in total. The molecular weight excluding hydrogens is 669 g/mol. The van der Waals surface area contributed by atoms with Crippen molar-refractivity contribution < 1.29 is 43.2 Å². The van der Waals surface area contributed by atoms with Crippen LogP contribution in [0.25, 0.3) is 0 Å². The number of carbonyl (C=O) groups excluding carboxylic acids is 3. The summed E-state index contributed by atoms with van der Waals surface area (Å²) in [6, 6.07) is 3.74. The molecule has 0 radical (unpaired) electrons. The maximum Gasteiger partial charge on any atom is 0.508 e. The summed E-state index contributed by atoms with van der Waals surface area (Å²) >= 11 is 5.63. The fourth-order valence-electron chi connectivity index (χ4n) is 7.87. The van der Waals surface area contributed by atoms with Gasteiger partial charge < -0.3 is 28.8 Å². The van der Waals surface area contributed by atoms with Crippen molar-refractivity contribution in [2.45, 2.75) is 85.2 Å². The minimum Gasteiger partial charge on any atom is -0.507 e. The monoisotopic (exact) mass is 720 g/mol. The molecule has 1 N–H and O–H groups in total. The van der Waals surface area contributed by atoms with Crippen LogP contribution >= 0.6 is 12.2 Å². The van der Waals surface area contributed by atoms with Crippen LogP contribution in [0.5, 0.6) is 11.5 Å². The van der Waals surface area contributed by atoms with Crippen LogP contribution in [0.15, 0.2) is 72.4 Å². The Bertz CT molecular complexity index is 1600. The summed E-state index contributed by atoms with van der Waals surface area (Å²) in [5, 5.41) is 11.3. The van der Waals surface area contributed by atoms with E-state index in [9.17, 15) is 19.5 Å². The van der Waals surface area contributed by atoms with Gasteiger partial charge in [0.25, 0.3) is 0 Å². The van der Waals surface area contributed by atoms with Gasteiger partial charge in [-0.15, -0.1) is 0 Å². The molecule has 1 aromatic carbocycles. The second kappa shape index (κ2) is 17.8. The Balaban J connectivity index is 1.60. The molecule has 276 valence electrons. The number of ether oxygens (including phenoxy) is 5. The summed E-state index contributed by atoms with van der Waals surface area (Å²) in [7, 11) is 0. The van der Waals surface area contributed by atoms with Gasteiger partial charge in [0.1, 0.15) is 43.2 Å². The van der Waals surface area contributed by atoms with E-state index < -0.39 is 30.1 Å². The normalized spacial score (nSPS) is 24.3. The number of unbranched alkanes of at least 4 members (excludes halogenated alkanes) is 2. The first-order valence-electron chi connectivity index (χ1n) is 17.9. The summed E-state index contributed by atoms with van der Waals surface area (Å²) in [4.78, 5) is 39.1. The number of hydrogen-bond donors (Lipinski definition) is 1. The van der Waals surface area contributed by atoms with E-state index in [2.05, 4.69) is 39.7 Å². The number of hydrogen-bond acceptors (Lipinski definition) is 10. The Kier molecular flexibility index (Phi) is 13.9. The lowest BCUT2D eigenvalue weighted by Crippen LogP contribution is -2.54. The summed E-state index contributed by atoms with van der Waals surface area (Å²) in [6.07, 6.45) is 9.06. The predicted molar refractivity (Wildman–Crippen MR) is 199 cm³/mol. The molecule has 0 amide bonds. The van der Waals surface area contributed by atoms with Crippen LogP contribution in [0.1, 0.15) is 83.8 Å². The fourth-order valence-corrected chi connectivity index (χ4v) is 8.02. The van der Waals surface area contributed by atoms with E-state index in [-0.39, 0.29) is 65.8 Å². The molecular formula is C41H52O9S. The third kappa shape index (κ3) is 9.01. The van der Waals surface area contributed by atoms with Gasteiger partial charge in [-0.2, -0.15) is 0 Å². The lowest BCUT2D eigenvalue weighted by molar-refractivity contribution is -0.153. The molecule has 3 aliphatic rings. The molecule has 0 saturated heterocycles. The number of Topliss-reactive ketones (excluding diaryl/α,β-unsaturated/α-hetero) is 1. The number of thiocarbonyl (C=S) groups is 1. The molecule has 0 aliphatic heterocycles. The van der Waals surface area contributed by atoms with Gasteiger partial charge in [-0.05, 0) is 87.5 Å². The molecule has 0 heterocycles. The summed E-state index contributed by atoms with van der Waals surface area (Å²) in [5.74, 6) is -2.41. The summed E-state index contributed by atoms with van der Waals surface area (Å²) < 4.78 is 28.1. The average molecular weight is 721 g/mol. The number of ketones is 1. The molecule has 0 aromatic heterocycles. The van der Waals surface area contributed by atoms with E-state index in [4.69, 9.17) is 35.9 Å². The third-order valence-electron chi connectivity index (χ3n) is 10.4. The van der Waals surface area contributed by atoms with Gasteiger partial charge in [0.15, 0.2) is 0 Å². The third-order valence-corrected chi connectivity index (χ3v) is 10.6. The lowest BCUT2D eigenvalue weighted by atomic mass is 9.59. The maximum atomic E-state index is 13.5. The Morgan fingerprint density at radius 1 is 1.12 bits per heavy atom. The standard InChI is InChI=1S/C41H52O9S/c1-9-12-13-14-27-20-31(42)35(29-19-24(6)15-16-28(29)23(4)5)32(21-27)50-41(51)48-22-30-25(7)33-34(26(8)49-40(45)47-18-11-3)38(43)37(33)36(30)39(44)46-17-10-2/h10-11,19-21,25-26,28-29,33-34,37,42H,2-4,9,12-18,22H2,1,5-8H3/t25-,26+,28-,29+,33?,34+,37?/m0/s1. The highest BCUT2D eigenvalue weighted by atomic mass is 32.1. The molecule has 0 bridgehead atoms. The Hall–Kier alpha value is -4.18. The molecule has 0 spiro atoms. The van der Waals surface area contributed by atoms with Crippen molar-refractivity contribution in [2.75, 3.05) is 19.8 Å². The van der Waals surface area contributed by atoms with Gasteiger partial charge in [-0.1, -0.05) is 75.8 Å². The minimum atomic E-state index is -0.901. The van der Waals surface area contributed by atoms with Crippen molar-refractivity contribution in [1.29, 1.82) is 0 Å². The number of fused-ring (bicyclic) bond motifs is 1. The highest BCUT2D eigenvalue weighted by Crippen LogP contribution is 2.56. The van der Waals surface area contributed by atoms with Crippen molar-refractivity contribution in [3.8, 4) is 11.5 Å². The molecule has 3 aliphatic carbocycles. The zero-order valence-corrected chi connectivity index (χ0v) is 31.4. The molecule has 10 heteroatoms. The van der Waals surface area contributed by atoms with Crippen molar-refractivity contribution in [3.63, 3.8) is 0 Å². The number of benzene rings is 1. The van der Waals surface area contributed by atoms with E-state index in [1.54, 1.807) is 6.92 Å². The zero-order valence-electron chi connectivity index (χ0n) is 30.5. The Morgan fingerprint density at radius 2 is 1.82 bits per heavy atom. The zero-order chi connectivity index (χ0) is 37.4. The van der Waals surface area contributed by atoms with Gasteiger partial charge in [0.2, 0.25) is 0 Å². The van der Waals surface area contributed by atoms with Gasteiger partial charge >= 0.3 is 17.4 Å². The number of aryl methyl sites for hydroxylation is 1. The Morgan fingerprint density at radius 3 is 2.49 bits per heavy atom. The van der Waals surface area contributed by atoms with E-state index in [0.717, 1.165) is 49.7 Å². The van der Waals surface area contributed by atoms with E-state index in [1.165, 1.54) is 17.7 Å². The minimum absolute atomic E-state index is 0.0212. The smallest absolute Gasteiger partial charge is 0.507 e. The number of phenols is 1. The largest absolute Gasteiger partial charge is 0.508 e. The maximum absolute atomic E-state index is 13.5. The van der Waals surface area contributed by atoms with Crippen LogP contribution in [0.4, 0.5) is 4.79 Å². The molecule has 4 rings (SSSR count). The first kappa shape index (κ1) is 39.6. The molecule has 7 atom stereocenters.